The van der Waals surface area contributed by atoms with Gasteiger partial charge in [-0.05, 0) is 47.0 Å². The SMILES string of the molecule is Cc1ccc(CNC(=O)CCNS(=O)(=O)c2ccc3ccccc3c2)cc1F. The molecule has 0 radical (unpaired) electrons. The second-order valence-corrected chi connectivity index (χ2v) is 8.28. The lowest BCUT2D eigenvalue weighted by atomic mass is 10.1. The van der Waals surface area contributed by atoms with Crippen molar-refractivity contribution in [1.29, 1.82) is 0 Å². The number of aryl methyl sites for hydroxylation is 1. The van der Waals surface area contributed by atoms with Crippen LogP contribution in [0.15, 0.2) is 65.6 Å². The number of nitrogens with one attached hydrogen (secondary N) is 2. The number of sulfonamides is 1. The summed E-state index contributed by atoms with van der Waals surface area (Å²) in [5, 5.41) is 4.43. The third kappa shape index (κ3) is 4.94. The van der Waals surface area contributed by atoms with E-state index >= 15 is 0 Å². The van der Waals surface area contributed by atoms with Gasteiger partial charge < -0.3 is 5.32 Å². The van der Waals surface area contributed by atoms with Crippen LogP contribution in [0.25, 0.3) is 10.8 Å². The van der Waals surface area contributed by atoms with E-state index in [2.05, 4.69) is 10.0 Å². The number of fused-ring (bicyclic) bond motifs is 1. The van der Waals surface area contributed by atoms with Crippen LogP contribution in [-0.2, 0) is 21.4 Å². The highest BCUT2D eigenvalue weighted by molar-refractivity contribution is 7.89. The molecule has 0 bridgehead atoms. The van der Waals surface area contributed by atoms with E-state index in [-0.39, 0.29) is 36.1 Å². The molecule has 3 rings (SSSR count). The number of hydrogen-bond donors (Lipinski definition) is 2. The Morgan fingerprint density at radius 2 is 1.75 bits per heavy atom. The molecule has 0 aliphatic heterocycles. The molecule has 0 saturated carbocycles. The first-order valence-electron chi connectivity index (χ1n) is 8.85. The third-order valence-corrected chi connectivity index (χ3v) is 5.86. The van der Waals surface area contributed by atoms with Gasteiger partial charge in [-0.3, -0.25) is 4.79 Å². The van der Waals surface area contributed by atoms with Crippen molar-refractivity contribution in [2.75, 3.05) is 6.54 Å². The Bertz CT molecular complexity index is 1110. The molecule has 0 spiro atoms. The fourth-order valence-electron chi connectivity index (χ4n) is 2.75. The Labute approximate surface area is 163 Å². The van der Waals surface area contributed by atoms with Gasteiger partial charge in [0.2, 0.25) is 15.9 Å². The maximum atomic E-state index is 13.5. The van der Waals surface area contributed by atoms with Crippen LogP contribution in [0.1, 0.15) is 17.5 Å². The quantitative estimate of drug-likeness (QED) is 0.639. The molecule has 5 nitrogen and oxygen atoms in total. The van der Waals surface area contributed by atoms with Crippen LogP contribution in [0.2, 0.25) is 0 Å². The molecule has 2 N–H and O–H groups in total. The Morgan fingerprint density at radius 1 is 1.00 bits per heavy atom. The summed E-state index contributed by atoms with van der Waals surface area (Å²) < 4.78 is 40.8. The molecule has 0 heterocycles. The summed E-state index contributed by atoms with van der Waals surface area (Å²) in [6.45, 7) is 1.83. The maximum Gasteiger partial charge on any atom is 0.240 e. The number of amides is 1. The van der Waals surface area contributed by atoms with Gasteiger partial charge in [0, 0.05) is 19.5 Å². The molecule has 3 aromatic rings. The highest BCUT2D eigenvalue weighted by Gasteiger charge is 2.14. The zero-order valence-electron chi connectivity index (χ0n) is 15.4. The van der Waals surface area contributed by atoms with Gasteiger partial charge in [-0.2, -0.15) is 0 Å². The zero-order chi connectivity index (χ0) is 20.1. The summed E-state index contributed by atoms with van der Waals surface area (Å²) in [5.74, 6) is -0.642. The molecule has 0 unspecified atom stereocenters. The van der Waals surface area contributed by atoms with Crippen molar-refractivity contribution in [3.8, 4) is 0 Å². The third-order valence-electron chi connectivity index (χ3n) is 4.40. The van der Waals surface area contributed by atoms with E-state index in [1.54, 1.807) is 31.2 Å². The lowest BCUT2D eigenvalue weighted by Crippen LogP contribution is -2.30. The molecule has 0 fully saturated rings. The summed E-state index contributed by atoms with van der Waals surface area (Å²) in [6.07, 6.45) is -0.0127. The molecular formula is C21H21FN2O3S. The van der Waals surface area contributed by atoms with E-state index < -0.39 is 10.0 Å². The molecule has 0 saturated heterocycles. The minimum atomic E-state index is -3.70. The Balaban J connectivity index is 1.52. The first-order chi connectivity index (χ1) is 13.3. The van der Waals surface area contributed by atoms with Crippen LogP contribution in [0.4, 0.5) is 4.39 Å². The lowest BCUT2D eigenvalue weighted by molar-refractivity contribution is -0.121. The largest absolute Gasteiger partial charge is 0.352 e. The van der Waals surface area contributed by atoms with Crippen LogP contribution in [0, 0.1) is 12.7 Å². The summed E-state index contributed by atoms with van der Waals surface area (Å²) in [7, 11) is -3.70. The average Bonchev–Trinajstić information content (AvgIpc) is 2.68. The minimum absolute atomic E-state index is 0.0127. The van der Waals surface area contributed by atoms with Crippen molar-refractivity contribution in [3.05, 3.63) is 77.6 Å². The molecule has 28 heavy (non-hydrogen) atoms. The Morgan fingerprint density at radius 3 is 2.50 bits per heavy atom. The molecule has 146 valence electrons. The van der Waals surface area contributed by atoms with E-state index in [4.69, 9.17) is 0 Å². The van der Waals surface area contributed by atoms with E-state index in [1.807, 2.05) is 24.3 Å². The maximum absolute atomic E-state index is 13.5. The van der Waals surface area contributed by atoms with Gasteiger partial charge in [-0.25, -0.2) is 17.5 Å². The van der Waals surface area contributed by atoms with Crippen LogP contribution in [0.3, 0.4) is 0 Å². The second-order valence-electron chi connectivity index (χ2n) is 6.52. The minimum Gasteiger partial charge on any atom is -0.352 e. The van der Waals surface area contributed by atoms with Gasteiger partial charge in [0.15, 0.2) is 0 Å². The molecule has 0 aliphatic carbocycles. The lowest BCUT2D eigenvalue weighted by Gasteiger charge is -2.09. The standard InChI is InChI=1S/C21H21FN2O3S/c1-15-6-7-16(12-20(15)22)14-23-21(25)10-11-24-28(26,27)19-9-8-17-4-2-3-5-18(17)13-19/h2-9,12-13,24H,10-11,14H2,1H3,(H,23,25). The van der Waals surface area contributed by atoms with Crippen LogP contribution >= 0.6 is 0 Å². The van der Waals surface area contributed by atoms with E-state index in [9.17, 15) is 17.6 Å². The van der Waals surface area contributed by atoms with Crippen LogP contribution in [-0.4, -0.2) is 20.9 Å². The van der Waals surface area contributed by atoms with Gasteiger partial charge in [0.25, 0.3) is 0 Å². The van der Waals surface area contributed by atoms with Crippen molar-refractivity contribution >= 4 is 26.7 Å². The van der Waals surface area contributed by atoms with Crippen molar-refractivity contribution in [3.63, 3.8) is 0 Å². The molecule has 7 heteroatoms. The molecule has 0 atom stereocenters. The topological polar surface area (TPSA) is 75.3 Å². The van der Waals surface area contributed by atoms with Crippen molar-refractivity contribution < 1.29 is 17.6 Å². The average molecular weight is 400 g/mol. The summed E-state index contributed by atoms with van der Waals surface area (Å²) >= 11 is 0. The Kier molecular flexibility index (Phi) is 6.06. The molecule has 1 amide bonds. The fraction of sp³-hybridized carbons (Fsp3) is 0.190. The van der Waals surface area contributed by atoms with Crippen LogP contribution in [0.5, 0.6) is 0 Å². The van der Waals surface area contributed by atoms with E-state index in [0.29, 0.717) is 11.1 Å². The zero-order valence-corrected chi connectivity index (χ0v) is 16.2. The monoisotopic (exact) mass is 400 g/mol. The highest BCUT2D eigenvalue weighted by atomic mass is 32.2. The second kappa shape index (κ2) is 8.50. The predicted octanol–water partition coefficient (Wildman–Crippen LogP) is 3.27. The van der Waals surface area contributed by atoms with Crippen molar-refractivity contribution in [2.24, 2.45) is 0 Å². The van der Waals surface area contributed by atoms with Gasteiger partial charge in [0.05, 0.1) is 4.90 Å². The fourth-order valence-corrected chi connectivity index (χ4v) is 3.82. The molecule has 0 aromatic heterocycles. The summed E-state index contributed by atoms with van der Waals surface area (Å²) in [6, 6.07) is 17.1. The van der Waals surface area contributed by atoms with Gasteiger partial charge in [-0.15, -0.1) is 0 Å². The van der Waals surface area contributed by atoms with E-state index in [1.165, 1.54) is 12.1 Å². The van der Waals surface area contributed by atoms with Gasteiger partial charge in [0.1, 0.15) is 5.82 Å². The van der Waals surface area contributed by atoms with Crippen molar-refractivity contribution in [1.82, 2.24) is 10.0 Å². The summed E-state index contributed by atoms with van der Waals surface area (Å²) in [5.41, 5.74) is 1.19. The number of rotatable bonds is 7. The normalized spacial score (nSPS) is 11.5. The van der Waals surface area contributed by atoms with Crippen molar-refractivity contribution in [2.45, 2.75) is 24.8 Å². The highest BCUT2D eigenvalue weighted by Crippen LogP contribution is 2.18. The predicted molar refractivity (Wildman–Crippen MR) is 107 cm³/mol. The number of hydrogen-bond acceptors (Lipinski definition) is 3. The van der Waals surface area contributed by atoms with Gasteiger partial charge >= 0.3 is 0 Å². The molecule has 0 aliphatic rings. The smallest absolute Gasteiger partial charge is 0.240 e. The first-order valence-corrected chi connectivity index (χ1v) is 10.3. The van der Waals surface area contributed by atoms with Crippen LogP contribution < -0.4 is 10.0 Å². The van der Waals surface area contributed by atoms with E-state index in [0.717, 1.165) is 10.8 Å². The number of halogens is 1. The summed E-state index contributed by atoms with van der Waals surface area (Å²) in [4.78, 5) is 12.1. The Hall–Kier alpha value is -2.77. The molecular weight excluding hydrogens is 379 g/mol. The van der Waals surface area contributed by atoms with Gasteiger partial charge in [-0.1, -0.05) is 42.5 Å². The number of benzene rings is 3. The number of carbonyl (C=O) groups excluding carboxylic acids is 1. The molecule has 3 aromatic carbocycles. The number of carbonyl (C=O) groups is 1. The first kappa shape index (κ1) is 20.0.